The van der Waals surface area contributed by atoms with Crippen molar-refractivity contribution in [2.75, 3.05) is 11.9 Å². The predicted octanol–water partition coefficient (Wildman–Crippen LogP) is 2.71. The van der Waals surface area contributed by atoms with E-state index in [9.17, 15) is 9.59 Å². The quantitative estimate of drug-likeness (QED) is 0.538. The first kappa shape index (κ1) is 20.2. The van der Waals surface area contributed by atoms with Crippen molar-refractivity contribution in [3.63, 3.8) is 0 Å². The molecule has 1 aromatic heterocycles. The van der Waals surface area contributed by atoms with Crippen LogP contribution in [0.4, 0.5) is 5.69 Å². The number of benzene rings is 2. The van der Waals surface area contributed by atoms with Gasteiger partial charge in [0.05, 0.1) is 24.1 Å². The van der Waals surface area contributed by atoms with E-state index >= 15 is 0 Å². The summed E-state index contributed by atoms with van der Waals surface area (Å²) in [7, 11) is 0. The molecule has 0 aliphatic heterocycles. The first-order valence-corrected chi connectivity index (χ1v) is 9.32. The van der Waals surface area contributed by atoms with Crippen LogP contribution < -0.4 is 10.6 Å². The van der Waals surface area contributed by atoms with Crippen molar-refractivity contribution < 1.29 is 14.7 Å². The van der Waals surface area contributed by atoms with Crippen molar-refractivity contribution in [3.05, 3.63) is 78.6 Å². The van der Waals surface area contributed by atoms with E-state index in [1.165, 1.54) is 12.4 Å². The lowest BCUT2D eigenvalue weighted by Crippen LogP contribution is -2.38. The minimum Gasteiger partial charge on any atom is -0.396 e. The molecule has 1 heterocycles. The van der Waals surface area contributed by atoms with Crippen LogP contribution >= 0.6 is 0 Å². The summed E-state index contributed by atoms with van der Waals surface area (Å²) >= 11 is 0. The zero-order valence-electron chi connectivity index (χ0n) is 15.8. The molecule has 0 radical (unpaired) electrons. The van der Waals surface area contributed by atoms with E-state index in [1.807, 2.05) is 60.7 Å². The molecular formula is C22H22N4O3. The van der Waals surface area contributed by atoms with E-state index in [1.54, 1.807) is 0 Å². The Morgan fingerprint density at radius 2 is 1.52 bits per heavy atom. The lowest BCUT2D eigenvalue weighted by molar-refractivity contribution is -0.136. The summed E-state index contributed by atoms with van der Waals surface area (Å²) in [6.07, 6.45) is 3.95. The molecule has 148 valence electrons. The molecule has 2 amide bonds. The average molecular weight is 390 g/mol. The number of amides is 2. The van der Waals surface area contributed by atoms with Gasteiger partial charge in [0.2, 0.25) is 0 Å². The molecule has 1 atom stereocenters. The van der Waals surface area contributed by atoms with E-state index in [2.05, 4.69) is 20.6 Å². The normalized spacial score (nSPS) is 11.5. The highest BCUT2D eigenvalue weighted by Crippen LogP contribution is 2.18. The molecule has 0 spiro atoms. The number of anilines is 1. The summed E-state index contributed by atoms with van der Waals surface area (Å²) < 4.78 is 0. The second-order valence-electron chi connectivity index (χ2n) is 6.42. The van der Waals surface area contributed by atoms with Crippen molar-refractivity contribution in [2.45, 2.75) is 18.9 Å². The van der Waals surface area contributed by atoms with Gasteiger partial charge >= 0.3 is 11.8 Å². The summed E-state index contributed by atoms with van der Waals surface area (Å²) in [5.74, 6) is -1.03. The summed E-state index contributed by atoms with van der Waals surface area (Å²) in [5.41, 5.74) is 2.06. The second kappa shape index (κ2) is 10.1. The van der Waals surface area contributed by atoms with Gasteiger partial charge < -0.3 is 15.7 Å². The van der Waals surface area contributed by atoms with E-state index in [-0.39, 0.29) is 12.6 Å². The Kier molecular flexibility index (Phi) is 7.02. The number of nitrogens with zero attached hydrogens (tertiary/aromatic N) is 2. The zero-order valence-corrected chi connectivity index (χ0v) is 15.8. The van der Waals surface area contributed by atoms with Gasteiger partial charge in [0.15, 0.2) is 5.82 Å². The van der Waals surface area contributed by atoms with Crippen molar-refractivity contribution in [1.29, 1.82) is 0 Å². The van der Waals surface area contributed by atoms with Crippen LogP contribution in [0.15, 0.2) is 73.1 Å². The molecule has 7 heteroatoms. The summed E-state index contributed by atoms with van der Waals surface area (Å²) in [6, 6.07) is 18.4. The fourth-order valence-electron chi connectivity index (χ4n) is 2.84. The number of aliphatic hydroxyl groups excluding tert-OH is 1. The molecule has 2 aromatic carbocycles. The monoisotopic (exact) mass is 390 g/mol. The van der Waals surface area contributed by atoms with Gasteiger partial charge in [0.1, 0.15) is 0 Å². The molecule has 3 aromatic rings. The molecule has 0 aliphatic rings. The van der Waals surface area contributed by atoms with Gasteiger partial charge in [-0.3, -0.25) is 9.59 Å². The molecule has 3 rings (SSSR count). The number of hydrogen-bond donors (Lipinski definition) is 3. The van der Waals surface area contributed by atoms with Gasteiger partial charge in [-0.25, -0.2) is 9.97 Å². The maximum absolute atomic E-state index is 12.4. The molecule has 0 bridgehead atoms. The van der Waals surface area contributed by atoms with Crippen LogP contribution in [0, 0.1) is 0 Å². The first-order valence-electron chi connectivity index (χ1n) is 9.32. The topological polar surface area (TPSA) is 104 Å². The Balaban J connectivity index is 1.62. The van der Waals surface area contributed by atoms with Gasteiger partial charge in [0.25, 0.3) is 0 Å². The van der Waals surface area contributed by atoms with Crippen LogP contribution in [0.1, 0.15) is 24.4 Å². The highest BCUT2D eigenvalue weighted by Gasteiger charge is 2.20. The molecule has 7 nitrogen and oxygen atoms in total. The fraction of sp³-hybridized carbons (Fsp3) is 0.182. The Hall–Kier alpha value is -3.58. The van der Waals surface area contributed by atoms with Crippen LogP contribution in [-0.2, 0) is 9.59 Å². The first-order chi connectivity index (χ1) is 14.2. The Bertz CT molecular complexity index is 931. The smallest absolute Gasteiger partial charge is 0.313 e. The third-order valence-electron chi connectivity index (χ3n) is 4.31. The standard InChI is InChI=1S/C22H22N4O3/c27-13-7-12-19(16-8-3-1-4-9-16)26-22(29)21(28)25-18-14-23-20(24-15-18)17-10-5-2-6-11-17/h1-6,8-11,14-15,19,27H,7,12-13H2,(H,25,28)(H,26,29). The summed E-state index contributed by atoms with van der Waals surface area (Å²) in [4.78, 5) is 33.1. The average Bonchev–Trinajstić information content (AvgIpc) is 2.78. The lowest BCUT2D eigenvalue weighted by atomic mass is 10.0. The molecule has 0 fully saturated rings. The summed E-state index contributed by atoms with van der Waals surface area (Å²) in [5, 5.41) is 14.3. The molecule has 0 aliphatic carbocycles. The Morgan fingerprint density at radius 3 is 2.14 bits per heavy atom. The zero-order chi connectivity index (χ0) is 20.5. The number of hydrogen-bond acceptors (Lipinski definition) is 5. The van der Waals surface area contributed by atoms with E-state index in [4.69, 9.17) is 5.11 Å². The van der Waals surface area contributed by atoms with Gasteiger partial charge in [-0.1, -0.05) is 60.7 Å². The maximum Gasteiger partial charge on any atom is 0.313 e. The Labute approximate surface area is 168 Å². The highest BCUT2D eigenvalue weighted by atomic mass is 16.3. The predicted molar refractivity (Wildman–Crippen MR) is 110 cm³/mol. The third kappa shape index (κ3) is 5.70. The van der Waals surface area contributed by atoms with Crippen LogP contribution in [0.3, 0.4) is 0 Å². The van der Waals surface area contributed by atoms with E-state index < -0.39 is 11.8 Å². The van der Waals surface area contributed by atoms with Crippen molar-refractivity contribution >= 4 is 17.5 Å². The third-order valence-corrected chi connectivity index (χ3v) is 4.31. The highest BCUT2D eigenvalue weighted by molar-refractivity contribution is 6.39. The number of aromatic nitrogens is 2. The van der Waals surface area contributed by atoms with Crippen LogP contribution in [-0.4, -0.2) is 33.5 Å². The van der Waals surface area contributed by atoms with Gasteiger partial charge in [-0.15, -0.1) is 0 Å². The SMILES string of the molecule is O=C(Nc1cnc(-c2ccccc2)nc1)C(=O)NC(CCCO)c1ccccc1. The minimum atomic E-state index is -0.800. The molecule has 3 N–H and O–H groups in total. The number of nitrogens with one attached hydrogen (secondary N) is 2. The van der Waals surface area contributed by atoms with E-state index in [0.29, 0.717) is 24.4 Å². The van der Waals surface area contributed by atoms with Crippen LogP contribution in [0.2, 0.25) is 0 Å². The number of rotatable bonds is 7. The molecular weight excluding hydrogens is 368 g/mol. The number of carbonyl (C=O) groups excluding carboxylic acids is 2. The molecule has 29 heavy (non-hydrogen) atoms. The molecule has 0 saturated heterocycles. The molecule has 0 saturated carbocycles. The fourth-order valence-corrected chi connectivity index (χ4v) is 2.84. The van der Waals surface area contributed by atoms with E-state index in [0.717, 1.165) is 11.1 Å². The van der Waals surface area contributed by atoms with Crippen molar-refractivity contribution in [3.8, 4) is 11.4 Å². The maximum atomic E-state index is 12.4. The van der Waals surface area contributed by atoms with Crippen molar-refractivity contribution in [1.82, 2.24) is 15.3 Å². The van der Waals surface area contributed by atoms with Gasteiger partial charge in [-0.05, 0) is 18.4 Å². The summed E-state index contributed by atoms with van der Waals surface area (Å²) in [6.45, 7) is 0.0104. The van der Waals surface area contributed by atoms with Crippen LogP contribution in [0.25, 0.3) is 11.4 Å². The van der Waals surface area contributed by atoms with Gasteiger partial charge in [0, 0.05) is 12.2 Å². The number of aliphatic hydroxyl groups is 1. The second-order valence-corrected chi connectivity index (χ2v) is 6.42. The Morgan fingerprint density at radius 1 is 0.897 bits per heavy atom. The minimum absolute atomic E-state index is 0.0104. The largest absolute Gasteiger partial charge is 0.396 e. The van der Waals surface area contributed by atoms with Crippen LogP contribution in [0.5, 0.6) is 0 Å². The number of carbonyl (C=O) groups is 2. The van der Waals surface area contributed by atoms with Gasteiger partial charge in [-0.2, -0.15) is 0 Å². The molecule has 1 unspecified atom stereocenters. The lowest BCUT2D eigenvalue weighted by Gasteiger charge is -2.18. The van der Waals surface area contributed by atoms with Crippen molar-refractivity contribution in [2.24, 2.45) is 0 Å².